The molecule has 11 heteroatoms. The minimum absolute atomic E-state index is 0.122. The number of amides is 3. The van der Waals surface area contributed by atoms with Gasteiger partial charge in [-0.1, -0.05) is 23.7 Å². The Bertz CT molecular complexity index is 1330. The van der Waals surface area contributed by atoms with Crippen LogP contribution in [0.2, 0.25) is 5.02 Å². The van der Waals surface area contributed by atoms with Crippen LogP contribution in [0.4, 0.5) is 20.2 Å². The molecule has 35 heavy (non-hydrogen) atoms. The summed E-state index contributed by atoms with van der Waals surface area (Å²) in [5, 5.41) is 11.1. The van der Waals surface area contributed by atoms with Gasteiger partial charge in [0.05, 0.1) is 17.0 Å². The molecule has 1 aliphatic rings. The van der Waals surface area contributed by atoms with Crippen LogP contribution >= 0.6 is 11.6 Å². The number of hydrogen-bond donors (Lipinski definition) is 0. The lowest BCUT2D eigenvalue weighted by atomic mass is 10.1. The minimum Gasteiger partial charge on any atom is -0.322 e. The summed E-state index contributed by atoms with van der Waals surface area (Å²) in [6, 6.07) is 12.1. The van der Waals surface area contributed by atoms with E-state index in [0.717, 1.165) is 28.0 Å². The van der Waals surface area contributed by atoms with Crippen LogP contribution in [-0.4, -0.2) is 33.6 Å². The van der Waals surface area contributed by atoms with Crippen LogP contribution in [0.1, 0.15) is 22.3 Å². The van der Waals surface area contributed by atoms with Crippen molar-refractivity contribution in [2.24, 2.45) is 0 Å². The van der Waals surface area contributed by atoms with Gasteiger partial charge in [-0.2, -0.15) is 0 Å². The highest BCUT2D eigenvalue weighted by Gasteiger charge is 2.44. The van der Waals surface area contributed by atoms with Crippen LogP contribution in [-0.2, 0) is 16.1 Å². The molecular formula is C24H16ClF2N3O5. The summed E-state index contributed by atoms with van der Waals surface area (Å²) in [4.78, 5) is 52.0. The van der Waals surface area contributed by atoms with Crippen molar-refractivity contribution >= 4 is 40.7 Å². The molecule has 1 unspecified atom stereocenters. The maximum Gasteiger partial charge on any atom is 0.288 e. The molecule has 0 bridgehead atoms. The van der Waals surface area contributed by atoms with Gasteiger partial charge in [0.1, 0.15) is 22.7 Å². The molecule has 3 aromatic rings. The van der Waals surface area contributed by atoms with E-state index < -0.39 is 46.0 Å². The van der Waals surface area contributed by atoms with E-state index >= 15 is 0 Å². The van der Waals surface area contributed by atoms with Gasteiger partial charge in [0, 0.05) is 18.2 Å². The van der Waals surface area contributed by atoms with Gasteiger partial charge in [-0.15, -0.1) is 0 Å². The fraction of sp³-hybridized carbons (Fsp3) is 0.125. The van der Waals surface area contributed by atoms with Crippen LogP contribution in [0.3, 0.4) is 0 Å². The van der Waals surface area contributed by atoms with Gasteiger partial charge in [0.25, 0.3) is 17.5 Å². The fourth-order valence-electron chi connectivity index (χ4n) is 3.78. The van der Waals surface area contributed by atoms with E-state index in [1.54, 1.807) is 0 Å². The number of hydrogen-bond acceptors (Lipinski definition) is 5. The largest absolute Gasteiger partial charge is 0.322 e. The van der Waals surface area contributed by atoms with Crippen LogP contribution in [0.15, 0.2) is 66.7 Å². The summed E-state index contributed by atoms with van der Waals surface area (Å²) >= 11 is 5.85. The molecular weight excluding hydrogens is 484 g/mol. The summed E-state index contributed by atoms with van der Waals surface area (Å²) in [6.45, 7) is -0.184. The highest BCUT2D eigenvalue weighted by Crippen LogP contribution is 2.30. The Morgan fingerprint density at radius 2 is 1.63 bits per heavy atom. The highest BCUT2D eigenvalue weighted by atomic mass is 35.5. The van der Waals surface area contributed by atoms with E-state index in [1.807, 2.05) is 0 Å². The Kier molecular flexibility index (Phi) is 6.57. The Labute approximate surface area is 202 Å². The number of nitro benzene ring substituents is 1. The van der Waals surface area contributed by atoms with Crippen molar-refractivity contribution in [3.8, 4) is 0 Å². The molecule has 1 saturated heterocycles. The standard InChI is InChI=1S/C24H16ClF2N3O5/c25-19-10-3-15(11-20(19)30(34)35)23(32)28(13-14-1-4-16(26)5-2-14)21-12-22(31)29(24(21)33)18-8-6-17(27)7-9-18/h1-11,21H,12-13H2. The van der Waals surface area contributed by atoms with Crippen LogP contribution in [0.5, 0.6) is 0 Å². The predicted octanol–water partition coefficient (Wildman–Crippen LogP) is 4.50. The zero-order valence-corrected chi connectivity index (χ0v) is 18.6. The van der Waals surface area contributed by atoms with Gasteiger partial charge >= 0.3 is 0 Å². The summed E-state index contributed by atoms with van der Waals surface area (Å²) < 4.78 is 26.7. The van der Waals surface area contributed by atoms with E-state index in [1.165, 1.54) is 48.5 Å². The Morgan fingerprint density at radius 1 is 1.03 bits per heavy atom. The third kappa shape index (κ3) is 4.87. The number of nitrogens with zero attached hydrogens (tertiary/aromatic N) is 3. The molecule has 0 aliphatic carbocycles. The van der Waals surface area contributed by atoms with Crippen molar-refractivity contribution in [1.82, 2.24) is 4.90 Å². The van der Waals surface area contributed by atoms with Crippen molar-refractivity contribution in [3.05, 3.63) is 105 Å². The summed E-state index contributed by atoms with van der Waals surface area (Å²) in [6.07, 6.45) is -0.362. The molecule has 0 N–H and O–H groups in total. The van der Waals surface area contributed by atoms with Crippen molar-refractivity contribution in [1.29, 1.82) is 0 Å². The molecule has 1 heterocycles. The molecule has 0 aromatic heterocycles. The number of carbonyl (C=O) groups is 3. The first kappa shape index (κ1) is 24.0. The van der Waals surface area contributed by atoms with Crippen molar-refractivity contribution in [2.75, 3.05) is 4.90 Å². The zero-order chi connectivity index (χ0) is 25.3. The number of carbonyl (C=O) groups excluding carboxylic acids is 3. The topological polar surface area (TPSA) is 101 Å². The van der Waals surface area contributed by atoms with E-state index in [2.05, 4.69) is 0 Å². The molecule has 3 amide bonds. The van der Waals surface area contributed by atoms with E-state index in [0.29, 0.717) is 5.56 Å². The zero-order valence-electron chi connectivity index (χ0n) is 17.9. The lowest BCUT2D eigenvalue weighted by Gasteiger charge is -2.28. The fourth-order valence-corrected chi connectivity index (χ4v) is 3.97. The molecule has 1 fully saturated rings. The molecule has 8 nitrogen and oxygen atoms in total. The van der Waals surface area contributed by atoms with Crippen LogP contribution < -0.4 is 4.90 Å². The second-order valence-electron chi connectivity index (χ2n) is 7.75. The molecule has 4 rings (SSSR count). The number of benzene rings is 3. The van der Waals surface area contributed by atoms with Gasteiger partial charge in [-0.25, -0.2) is 13.7 Å². The SMILES string of the molecule is O=C1CC(N(Cc2ccc(F)cc2)C(=O)c2ccc(Cl)c([N+](=O)[O-])c2)C(=O)N1c1ccc(F)cc1. The molecule has 1 aliphatic heterocycles. The first-order valence-electron chi connectivity index (χ1n) is 10.3. The number of rotatable bonds is 6. The average Bonchev–Trinajstić information content (AvgIpc) is 3.12. The van der Waals surface area contributed by atoms with Crippen molar-refractivity contribution < 1.29 is 28.1 Å². The predicted molar refractivity (Wildman–Crippen MR) is 122 cm³/mol. The van der Waals surface area contributed by atoms with Gasteiger partial charge < -0.3 is 4.90 Å². The Morgan fingerprint density at radius 3 is 2.23 bits per heavy atom. The highest BCUT2D eigenvalue weighted by molar-refractivity contribution is 6.32. The maximum atomic E-state index is 13.5. The summed E-state index contributed by atoms with van der Waals surface area (Å²) in [7, 11) is 0. The van der Waals surface area contributed by atoms with Crippen molar-refractivity contribution in [3.63, 3.8) is 0 Å². The smallest absolute Gasteiger partial charge is 0.288 e. The number of nitro groups is 1. The Balaban J connectivity index is 1.72. The number of anilines is 1. The monoisotopic (exact) mass is 499 g/mol. The number of imide groups is 1. The normalized spacial score (nSPS) is 15.4. The lowest BCUT2D eigenvalue weighted by molar-refractivity contribution is -0.384. The van der Waals surface area contributed by atoms with Gasteiger partial charge in [0.15, 0.2) is 0 Å². The van der Waals surface area contributed by atoms with Gasteiger partial charge in [0.2, 0.25) is 5.91 Å². The molecule has 3 aromatic carbocycles. The van der Waals surface area contributed by atoms with Crippen LogP contribution in [0, 0.1) is 21.7 Å². The third-order valence-electron chi connectivity index (χ3n) is 5.50. The molecule has 178 valence electrons. The van der Waals surface area contributed by atoms with Gasteiger partial charge in [-0.05, 0) is 54.1 Å². The molecule has 1 atom stereocenters. The summed E-state index contributed by atoms with van der Waals surface area (Å²) in [5.41, 5.74) is -0.0198. The minimum atomic E-state index is -1.25. The quantitative estimate of drug-likeness (QED) is 0.282. The molecule has 0 radical (unpaired) electrons. The lowest BCUT2D eigenvalue weighted by Crippen LogP contribution is -2.45. The Hall–Kier alpha value is -4.18. The van der Waals surface area contributed by atoms with Crippen LogP contribution in [0.25, 0.3) is 0 Å². The first-order chi connectivity index (χ1) is 16.7. The first-order valence-corrected chi connectivity index (χ1v) is 10.6. The van der Waals surface area contributed by atoms with Gasteiger partial charge in [-0.3, -0.25) is 24.5 Å². The van der Waals surface area contributed by atoms with E-state index in [-0.39, 0.29) is 29.2 Å². The summed E-state index contributed by atoms with van der Waals surface area (Å²) in [5.74, 6) is -3.15. The third-order valence-corrected chi connectivity index (χ3v) is 5.82. The average molecular weight is 500 g/mol. The van der Waals surface area contributed by atoms with Crippen molar-refractivity contribution in [2.45, 2.75) is 19.0 Å². The second kappa shape index (κ2) is 9.59. The molecule has 0 spiro atoms. The van der Waals surface area contributed by atoms with E-state index in [4.69, 9.17) is 11.6 Å². The van der Waals surface area contributed by atoms with E-state index in [9.17, 15) is 33.3 Å². The molecule has 0 saturated carbocycles. The second-order valence-corrected chi connectivity index (χ2v) is 8.15. The number of halogens is 3. The maximum absolute atomic E-state index is 13.5.